The van der Waals surface area contributed by atoms with Gasteiger partial charge in [-0.3, -0.25) is 0 Å². The molecular formula is C18H21N3O. The Labute approximate surface area is 130 Å². The number of fused-ring (bicyclic) bond motifs is 1. The molecule has 4 heteroatoms. The van der Waals surface area contributed by atoms with Gasteiger partial charge in [0.2, 0.25) is 5.76 Å². The van der Waals surface area contributed by atoms with Crippen molar-refractivity contribution in [2.75, 3.05) is 5.32 Å². The number of nitrogens with one attached hydrogen (secondary N) is 1. The van der Waals surface area contributed by atoms with Crippen LogP contribution in [0.5, 0.6) is 0 Å². The second-order valence-electron chi connectivity index (χ2n) is 6.20. The summed E-state index contributed by atoms with van der Waals surface area (Å²) in [5.41, 5.74) is 1.71. The molecule has 2 unspecified atom stereocenters. The lowest BCUT2D eigenvalue weighted by atomic mass is 9.92. The van der Waals surface area contributed by atoms with Crippen molar-refractivity contribution in [3.63, 3.8) is 0 Å². The fraction of sp³-hybridized carbons (Fsp3) is 0.444. The van der Waals surface area contributed by atoms with Crippen LogP contribution in [0.2, 0.25) is 0 Å². The summed E-state index contributed by atoms with van der Waals surface area (Å²) in [5, 5.41) is 13.5. The van der Waals surface area contributed by atoms with Crippen molar-refractivity contribution in [2.45, 2.75) is 45.6 Å². The molecule has 0 bridgehead atoms. The van der Waals surface area contributed by atoms with Crippen molar-refractivity contribution in [1.29, 1.82) is 5.26 Å². The van der Waals surface area contributed by atoms with Crippen molar-refractivity contribution in [3.8, 4) is 6.07 Å². The van der Waals surface area contributed by atoms with Crippen LogP contribution in [0.4, 0.5) is 5.82 Å². The number of hydrogen-bond acceptors (Lipinski definition) is 4. The first-order valence-electron chi connectivity index (χ1n) is 7.88. The summed E-state index contributed by atoms with van der Waals surface area (Å²) in [6.07, 6.45) is 10.9. The van der Waals surface area contributed by atoms with Gasteiger partial charge in [0.05, 0.1) is 6.20 Å². The lowest BCUT2D eigenvalue weighted by Gasteiger charge is -2.24. The van der Waals surface area contributed by atoms with E-state index in [-0.39, 0.29) is 0 Å². The molecule has 0 aliphatic heterocycles. The molecule has 1 aliphatic carbocycles. The Hall–Kier alpha value is -2.28. The maximum Gasteiger partial charge on any atom is 0.204 e. The van der Waals surface area contributed by atoms with Crippen molar-refractivity contribution >= 4 is 16.8 Å². The number of pyridine rings is 1. The minimum Gasteiger partial charge on any atom is -0.444 e. The molecule has 1 N–H and O–H groups in total. The first-order valence-corrected chi connectivity index (χ1v) is 7.88. The van der Waals surface area contributed by atoms with Gasteiger partial charge in [-0.15, -0.1) is 0 Å². The molecule has 114 valence electrons. The van der Waals surface area contributed by atoms with Crippen LogP contribution in [-0.4, -0.2) is 11.0 Å². The Balaban J connectivity index is 1.86. The van der Waals surface area contributed by atoms with Crippen molar-refractivity contribution in [3.05, 3.63) is 35.7 Å². The smallest absolute Gasteiger partial charge is 0.204 e. The summed E-state index contributed by atoms with van der Waals surface area (Å²) in [5.74, 6) is 1.94. The quantitative estimate of drug-likeness (QED) is 0.825. The van der Waals surface area contributed by atoms with E-state index in [1.54, 1.807) is 12.3 Å². The zero-order valence-electron chi connectivity index (χ0n) is 13.1. The van der Waals surface area contributed by atoms with Crippen LogP contribution in [-0.2, 0) is 0 Å². The molecule has 1 aliphatic rings. The van der Waals surface area contributed by atoms with Crippen molar-refractivity contribution in [2.24, 2.45) is 5.92 Å². The first-order chi connectivity index (χ1) is 10.7. The van der Waals surface area contributed by atoms with Crippen LogP contribution in [0.25, 0.3) is 11.0 Å². The summed E-state index contributed by atoms with van der Waals surface area (Å²) in [6.45, 7) is 4.34. The molecule has 2 heterocycles. The molecule has 0 radical (unpaired) electrons. The number of hydrogen-bond donors (Lipinski definition) is 1. The molecule has 0 saturated carbocycles. The molecule has 22 heavy (non-hydrogen) atoms. The highest BCUT2D eigenvalue weighted by Gasteiger charge is 2.17. The van der Waals surface area contributed by atoms with E-state index < -0.39 is 0 Å². The number of nitriles is 1. The summed E-state index contributed by atoms with van der Waals surface area (Å²) in [7, 11) is 0. The van der Waals surface area contributed by atoms with Crippen LogP contribution >= 0.6 is 0 Å². The first kappa shape index (κ1) is 14.6. The molecule has 0 amide bonds. The molecule has 4 nitrogen and oxygen atoms in total. The third-order valence-corrected chi connectivity index (χ3v) is 4.38. The molecular weight excluding hydrogens is 274 g/mol. The predicted molar refractivity (Wildman–Crippen MR) is 87.6 cm³/mol. The van der Waals surface area contributed by atoms with E-state index in [9.17, 15) is 0 Å². The van der Waals surface area contributed by atoms with Gasteiger partial charge in [-0.05, 0) is 38.5 Å². The molecule has 0 aromatic carbocycles. The highest BCUT2D eigenvalue weighted by molar-refractivity contribution is 5.85. The highest BCUT2D eigenvalue weighted by atomic mass is 16.3. The number of nitrogens with zero attached hydrogens (tertiary/aromatic N) is 2. The van der Waals surface area contributed by atoms with Crippen molar-refractivity contribution in [1.82, 2.24) is 4.98 Å². The van der Waals surface area contributed by atoms with Crippen LogP contribution in [0, 0.1) is 24.2 Å². The highest BCUT2D eigenvalue weighted by Crippen LogP contribution is 2.28. The molecule has 2 aromatic heterocycles. The Morgan fingerprint density at radius 1 is 1.41 bits per heavy atom. The number of furan rings is 1. The fourth-order valence-electron chi connectivity index (χ4n) is 3.11. The predicted octanol–water partition coefficient (Wildman–Crippen LogP) is 4.55. The third-order valence-electron chi connectivity index (χ3n) is 4.38. The maximum absolute atomic E-state index is 8.96. The molecule has 2 atom stereocenters. The average Bonchev–Trinajstić information content (AvgIpc) is 2.91. The summed E-state index contributed by atoms with van der Waals surface area (Å²) in [4.78, 5) is 4.49. The second-order valence-corrected chi connectivity index (χ2v) is 6.20. The van der Waals surface area contributed by atoms with Crippen LogP contribution in [0.15, 0.2) is 28.8 Å². The molecule has 3 rings (SSSR count). The zero-order valence-corrected chi connectivity index (χ0v) is 13.1. The van der Waals surface area contributed by atoms with Gasteiger partial charge in [0.15, 0.2) is 5.58 Å². The summed E-state index contributed by atoms with van der Waals surface area (Å²) < 4.78 is 5.43. The Morgan fingerprint density at radius 3 is 3.09 bits per heavy atom. The van der Waals surface area contributed by atoms with E-state index >= 15 is 0 Å². The Bertz CT molecular complexity index is 739. The third kappa shape index (κ3) is 2.99. The number of rotatable bonds is 2. The van der Waals surface area contributed by atoms with E-state index in [2.05, 4.69) is 29.4 Å². The topological polar surface area (TPSA) is 61.9 Å². The second kappa shape index (κ2) is 6.23. The standard InChI is InChI=1S/C18H21N3O/c1-12-6-4-3-5-7-14(8-12)21-18-13(2)16-9-15(10-19)22-17(16)11-20-18/h3,5,9,11-12,14H,4,6-8H2,1-2H3,(H,20,21)/b5-3-. The van der Waals surface area contributed by atoms with Crippen molar-refractivity contribution < 1.29 is 4.42 Å². The van der Waals surface area contributed by atoms with Gasteiger partial charge in [0.25, 0.3) is 0 Å². The lowest BCUT2D eigenvalue weighted by molar-refractivity contribution is 0.447. The Kier molecular flexibility index (Phi) is 4.15. The number of allylic oxidation sites excluding steroid dienone is 1. The van der Waals surface area contributed by atoms with E-state index in [1.165, 1.54) is 12.8 Å². The largest absolute Gasteiger partial charge is 0.444 e. The monoisotopic (exact) mass is 295 g/mol. The van der Waals surface area contributed by atoms with Crippen LogP contribution in [0.3, 0.4) is 0 Å². The lowest BCUT2D eigenvalue weighted by Crippen LogP contribution is -2.23. The van der Waals surface area contributed by atoms with Gasteiger partial charge in [0.1, 0.15) is 11.9 Å². The summed E-state index contributed by atoms with van der Waals surface area (Å²) >= 11 is 0. The van der Waals surface area contributed by atoms with Gasteiger partial charge in [-0.2, -0.15) is 5.26 Å². The minimum absolute atomic E-state index is 0.333. The van der Waals surface area contributed by atoms with Gasteiger partial charge in [-0.1, -0.05) is 19.1 Å². The van der Waals surface area contributed by atoms with E-state index in [4.69, 9.17) is 9.68 Å². The van der Waals surface area contributed by atoms with Crippen LogP contribution in [0.1, 0.15) is 43.9 Å². The SMILES string of the molecule is Cc1c(NC2C/C=C\CCC(C)C2)ncc2oc(C#N)cc12. The van der Waals surface area contributed by atoms with Gasteiger partial charge >= 0.3 is 0 Å². The number of anilines is 1. The van der Waals surface area contributed by atoms with E-state index in [1.807, 2.05) is 13.0 Å². The number of aryl methyl sites for hydroxylation is 1. The van der Waals surface area contributed by atoms with E-state index in [0.717, 1.165) is 29.6 Å². The van der Waals surface area contributed by atoms with Crippen LogP contribution < -0.4 is 5.32 Å². The fourth-order valence-corrected chi connectivity index (χ4v) is 3.11. The average molecular weight is 295 g/mol. The summed E-state index contributed by atoms with van der Waals surface area (Å²) in [6, 6.07) is 4.23. The molecule has 0 fully saturated rings. The number of aromatic nitrogens is 1. The maximum atomic E-state index is 8.96. The molecule has 0 saturated heterocycles. The zero-order chi connectivity index (χ0) is 15.5. The van der Waals surface area contributed by atoms with E-state index in [0.29, 0.717) is 23.3 Å². The normalized spacial score (nSPS) is 23.5. The molecule has 0 spiro atoms. The Morgan fingerprint density at radius 2 is 2.27 bits per heavy atom. The van der Waals surface area contributed by atoms with Gasteiger partial charge in [0, 0.05) is 23.1 Å². The van der Waals surface area contributed by atoms with Gasteiger partial charge in [-0.25, -0.2) is 4.98 Å². The minimum atomic E-state index is 0.333. The molecule has 2 aromatic rings. The van der Waals surface area contributed by atoms with Gasteiger partial charge < -0.3 is 9.73 Å².